The Morgan fingerprint density at radius 1 is 0.964 bits per heavy atom. The summed E-state index contributed by atoms with van der Waals surface area (Å²) >= 11 is 0. The highest BCUT2D eigenvalue weighted by Gasteiger charge is 2.21. The second-order valence-corrected chi connectivity index (χ2v) is 6.89. The van der Waals surface area contributed by atoms with E-state index in [0.717, 1.165) is 28.7 Å². The quantitative estimate of drug-likeness (QED) is 0.634. The van der Waals surface area contributed by atoms with E-state index in [1.165, 1.54) is 10.9 Å². The maximum Gasteiger partial charge on any atom is 0.246 e. The van der Waals surface area contributed by atoms with Gasteiger partial charge in [-0.1, -0.05) is 42.5 Å². The lowest BCUT2D eigenvalue weighted by molar-refractivity contribution is -0.126. The molecule has 0 atom stereocenters. The SMILES string of the molecule is COc1cc2c(cc1OC)CN(C(=O)/C=C/c1cccc3ccccc13)CC2. The van der Waals surface area contributed by atoms with Crippen LogP contribution in [-0.2, 0) is 17.8 Å². The molecule has 0 spiro atoms. The summed E-state index contributed by atoms with van der Waals surface area (Å²) in [6, 6.07) is 18.3. The van der Waals surface area contributed by atoms with Gasteiger partial charge in [-0.05, 0) is 52.1 Å². The van der Waals surface area contributed by atoms with Crippen LogP contribution < -0.4 is 9.47 Å². The van der Waals surface area contributed by atoms with Crippen molar-refractivity contribution in [1.29, 1.82) is 0 Å². The van der Waals surface area contributed by atoms with Crippen LogP contribution in [0.4, 0.5) is 0 Å². The van der Waals surface area contributed by atoms with Gasteiger partial charge in [-0.2, -0.15) is 0 Å². The molecular formula is C24H23NO3. The van der Waals surface area contributed by atoms with Crippen molar-refractivity contribution in [2.45, 2.75) is 13.0 Å². The number of nitrogens with zero attached hydrogens (tertiary/aromatic N) is 1. The molecule has 4 nitrogen and oxygen atoms in total. The Kier molecular flexibility index (Phi) is 5.02. The Balaban J connectivity index is 1.54. The van der Waals surface area contributed by atoms with Gasteiger partial charge in [-0.25, -0.2) is 0 Å². The predicted octanol–water partition coefficient (Wildman–Crippen LogP) is 4.46. The summed E-state index contributed by atoms with van der Waals surface area (Å²) in [5.74, 6) is 1.45. The molecule has 0 radical (unpaired) electrons. The maximum atomic E-state index is 12.8. The van der Waals surface area contributed by atoms with Crippen LogP contribution in [0.15, 0.2) is 60.7 Å². The number of carbonyl (C=O) groups is 1. The van der Waals surface area contributed by atoms with Gasteiger partial charge in [0.15, 0.2) is 11.5 Å². The highest BCUT2D eigenvalue weighted by Crippen LogP contribution is 2.33. The third-order valence-corrected chi connectivity index (χ3v) is 5.26. The monoisotopic (exact) mass is 373 g/mol. The van der Waals surface area contributed by atoms with Crippen molar-refractivity contribution in [1.82, 2.24) is 4.90 Å². The summed E-state index contributed by atoms with van der Waals surface area (Å²) in [4.78, 5) is 14.6. The molecule has 4 heteroatoms. The van der Waals surface area contributed by atoms with Gasteiger partial charge in [0, 0.05) is 19.2 Å². The number of methoxy groups -OCH3 is 2. The largest absolute Gasteiger partial charge is 0.493 e. The summed E-state index contributed by atoms with van der Waals surface area (Å²) in [5, 5.41) is 2.32. The minimum Gasteiger partial charge on any atom is -0.493 e. The van der Waals surface area contributed by atoms with Gasteiger partial charge >= 0.3 is 0 Å². The summed E-state index contributed by atoms with van der Waals surface area (Å²) < 4.78 is 10.8. The van der Waals surface area contributed by atoms with E-state index in [9.17, 15) is 4.79 Å². The molecule has 0 saturated heterocycles. The van der Waals surface area contributed by atoms with Crippen LogP contribution in [0.25, 0.3) is 16.8 Å². The lowest BCUT2D eigenvalue weighted by Crippen LogP contribution is -2.34. The summed E-state index contributed by atoms with van der Waals surface area (Å²) in [6.07, 6.45) is 4.39. The first-order chi connectivity index (χ1) is 13.7. The molecule has 28 heavy (non-hydrogen) atoms. The van der Waals surface area contributed by atoms with Crippen LogP contribution in [0.3, 0.4) is 0 Å². The molecule has 0 unspecified atom stereocenters. The topological polar surface area (TPSA) is 38.8 Å². The Bertz CT molecular complexity index is 1050. The fourth-order valence-corrected chi connectivity index (χ4v) is 3.73. The maximum absolute atomic E-state index is 12.8. The molecule has 0 aliphatic carbocycles. The number of hydrogen-bond donors (Lipinski definition) is 0. The fraction of sp³-hybridized carbons (Fsp3) is 0.208. The zero-order chi connectivity index (χ0) is 19.5. The van der Waals surface area contributed by atoms with Crippen molar-refractivity contribution in [3.05, 3.63) is 77.4 Å². The van der Waals surface area contributed by atoms with Crippen LogP contribution >= 0.6 is 0 Å². The van der Waals surface area contributed by atoms with E-state index in [-0.39, 0.29) is 5.91 Å². The molecule has 142 valence electrons. The predicted molar refractivity (Wildman–Crippen MR) is 112 cm³/mol. The molecule has 1 aliphatic rings. The van der Waals surface area contributed by atoms with Gasteiger partial charge in [0.2, 0.25) is 5.91 Å². The molecule has 3 aromatic rings. The van der Waals surface area contributed by atoms with E-state index >= 15 is 0 Å². The van der Waals surface area contributed by atoms with Crippen LogP contribution in [0.2, 0.25) is 0 Å². The lowest BCUT2D eigenvalue weighted by atomic mass is 9.98. The van der Waals surface area contributed by atoms with Gasteiger partial charge in [-0.3, -0.25) is 4.79 Å². The number of hydrogen-bond acceptors (Lipinski definition) is 3. The van der Waals surface area contributed by atoms with Gasteiger partial charge in [-0.15, -0.1) is 0 Å². The standard InChI is InChI=1S/C24H23NO3/c1-27-22-14-19-12-13-25(16-20(19)15-23(22)28-2)24(26)11-10-18-8-5-7-17-6-3-4-9-21(17)18/h3-11,14-15H,12-13,16H2,1-2H3/b11-10+. The van der Waals surface area contributed by atoms with Crippen molar-refractivity contribution in [3.63, 3.8) is 0 Å². The highest BCUT2D eigenvalue weighted by atomic mass is 16.5. The van der Waals surface area contributed by atoms with E-state index < -0.39 is 0 Å². The third-order valence-electron chi connectivity index (χ3n) is 5.26. The first-order valence-corrected chi connectivity index (χ1v) is 9.38. The highest BCUT2D eigenvalue weighted by molar-refractivity contribution is 5.96. The number of carbonyl (C=O) groups excluding carboxylic acids is 1. The number of amides is 1. The molecule has 0 fully saturated rings. The fourth-order valence-electron chi connectivity index (χ4n) is 3.73. The van der Waals surface area contributed by atoms with E-state index in [1.807, 2.05) is 47.4 Å². The van der Waals surface area contributed by atoms with Gasteiger partial charge in [0.1, 0.15) is 0 Å². The van der Waals surface area contributed by atoms with E-state index in [0.29, 0.717) is 18.8 Å². The van der Waals surface area contributed by atoms with Gasteiger partial charge in [0.25, 0.3) is 0 Å². The third kappa shape index (κ3) is 3.46. The second kappa shape index (κ2) is 7.77. The molecule has 1 aliphatic heterocycles. The smallest absolute Gasteiger partial charge is 0.246 e. The van der Waals surface area contributed by atoms with Crippen molar-refractivity contribution in [2.75, 3.05) is 20.8 Å². The summed E-state index contributed by atoms with van der Waals surface area (Å²) in [7, 11) is 3.27. The normalized spacial score (nSPS) is 13.6. The van der Waals surface area contributed by atoms with Crippen LogP contribution in [0.5, 0.6) is 11.5 Å². The van der Waals surface area contributed by atoms with E-state index in [4.69, 9.17) is 9.47 Å². The minimum absolute atomic E-state index is 0.0216. The first kappa shape index (κ1) is 18.1. The molecular weight excluding hydrogens is 350 g/mol. The molecule has 3 aromatic carbocycles. The summed E-state index contributed by atoms with van der Waals surface area (Å²) in [5.41, 5.74) is 3.37. The second-order valence-electron chi connectivity index (χ2n) is 6.89. The van der Waals surface area contributed by atoms with Gasteiger partial charge < -0.3 is 14.4 Å². The van der Waals surface area contributed by atoms with Crippen molar-refractivity contribution in [3.8, 4) is 11.5 Å². The van der Waals surface area contributed by atoms with Crippen LogP contribution in [0.1, 0.15) is 16.7 Å². The van der Waals surface area contributed by atoms with E-state index in [1.54, 1.807) is 20.3 Å². The molecule has 0 aromatic heterocycles. The number of ether oxygens (including phenoxy) is 2. The average molecular weight is 373 g/mol. The van der Waals surface area contributed by atoms with E-state index in [2.05, 4.69) is 18.2 Å². The number of fused-ring (bicyclic) bond motifs is 2. The van der Waals surface area contributed by atoms with Crippen LogP contribution in [0, 0.1) is 0 Å². The van der Waals surface area contributed by atoms with Crippen molar-refractivity contribution in [2.24, 2.45) is 0 Å². The Hall–Kier alpha value is -3.27. The van der Waals surface area contributed by atoms with Gasteiger partial charge in [0.05, 0.1) is 14.2 Å². The zero-order valence-electron chi connectivity index (χ0n) is 16.1. The Morgan fingerprint density at radius 2 is 1.68 bits per heavy atom. The molecule has 0 saturated carbocycles. The van der Waals surface area contributed by atoms with Crippen molar-refractivity contribution >= 4 is 22.8 Å². The minimum atomic E-state index is 0.0216. The summed E-state index contributed by atoms with van der Waals surface area (Å²) in [6.45, 7) is 1.27. The first-order valence-electron chi connectivity index (χ1n) is 9.38. The lowest BCUT2D eigenvalue weighted by Gasteiger charge is -2.28. The van der Waals surface area contributed by atoms with Crippen LogP contribution in [-0.4, -0.2) is 31.6 Å². The number of rotatable bonds is 4. The molecule has 0 bridgehead atoms. The number of benzene rings is 3. The Labute approximate surface area is 165 Å². The van der Waals surface area contributed by atoms with Crippen molar-refractivity contribution < 1.29 is 14.3 Å². The zero-order valence-corrected chi connectivity index (χ0v) is 16.1. The molecule has 4 rings (SSSR count). The Morgan fingerprint density at radius 3 is 2.46 bits per heavy atom. The molecule has 1 amide bonds. The molecule has 0 N–H and O–H groups in total. The molecule has 1 heterocycles. The average Bonchev–Trinajstić information content (AvgIpc) is 2.75.